The van der Waals surface area contributed by atoms with Crippen molar-refractivity contribution in [2.24, 2.45) is 11.3 Å². The summed E-state index contributed by atoms with van der Waals surface area (Å²) in [4.78, 5) is 2.52. The summed E-state index contributed by atoms with van der Waals surface area (Å²) < 4.78 is 16.8. The van der Waals surface area contributed by atoms with E-state index in [-0.39, 0.29) is 6.29 Å². The number of fused-ring (bicyclic) bond motifs is 1. The average Bonchev–Trinajstić information content (AvgIpc) is 2.86. The highest BCUT2D eigenvalue weighted by atomic mass is 16.7. The van der Waals surface area contributed by atoms with Gasteiger partial charge in [-0.1, -0.05) is 36.4 Å². The molecule has 1 atom stereocenters. The minimum Gasteiger partial charge on any atom is -0.381 e. The molecule has 2 saturated heterocycles. The van der Waals surface area contributed by atoms with E-state index in [9.17, 15) is 0 Å². The van der Waals surface area contributed by atoms with E-state index in [1.54, 1.807) is 19.8 Å². The number of aryl methyl sites for hydroxylation is 1. The van der Waals surface area contributed by atoms with Crippen LogP contribution in [0.4, 0.5) is 5.69 Å². The van der Waals surface area contributed by atoms with Crippen LogP contribution in [-0.4, -0.2) is 46.8 Å². The van der Waals surface area contributed by atoms with Gasteiger partial charge in [0.05, 0.1) is 0 Å². The molecule has 0 saturated carbocycles. The summed E-state index contributed by atoms with van der Waals surface area (Å²) in [6, 6.07) is 18.6. The van der Waals surface area contributed by atoms with Gasteiger partial charge in [-0.2, -0.15) is 0 Å². The number of methoxy groups -OCH3 is 2. The first-order valence-corrected chi connectivity index (χ1v) is 12.3. The third-order valence-electron chi connectivity index (χ3n) is 8.34. The van der Waals surface area contributed by atoms with Crippen molar-refractivity contribution in [3.05, 3.63) is 65.2 Å². The van der Waals surface area contributed by atoms with E-state index in [0.29, 0.717) is 17.3 Å². The van der Waals surface area contributed by atoms with Crippen molar-refractivity contribution < 1.29 is 14.2 Å². The van der Waals surface area contributed by atoms with Gasteiger partial charge in [0.15, 0.2) is 6.29 Å². The van der Waals surface area contributed by atoms with Gasteiger partial charge >= 0.3 is 0 Å². The van der Waals surface area contributed by atoms with Gasteiger partial charge in [0, 0.05) is 58.0 Å². The first-order valence-electron chi connectivity index (χ1n) is 12.3. The Hall–Kier alpha value is -1.88. The Kier molecular flexibility index (Phi) is 6.54. The Morgan fingerprint density at radius 2 is 1.59 bits per heavy atom. The van der Waals surface area contributed by atoms with Gasteiger partial charge in [-0.25, -0.2) is 0 Å². The fraction of sp³-hybridized carbons (Fsp3) is 0.571. The standard InChI is InChI=1S/C28H37NO3/c1-30-27(31-2)23-12-17-29(18-13-23)24-9-7-22(8-10-24)26-25-6-4-3-5-21(25)11-14-28(26)15-19-32-20-16-28/h3-10,23,26-27H,11-20H2,1-2H3. The van der Waals surface area contributed by atoms with Crippen LogP contribution >= 0.6 is 0 Å². The van der Waals surface area contributed by atoms with Gasteiger partial charge in [0.25, 0.3) is 0 Å². The molecule has 3 aliphatic rings. The van der Waals surface area contributed by atoms with E-state index in [1.165, 1.54) is 42.5 Å². The lowest BCUT2D eigenvalue weighted by atomic mass is 9.58. The Labute approximate surface area is 192 Å². The molecule has 1 unspecified atom stereocenters. The second-order valence-corrected chi connectivity index (χ2v) is 9.86. The SMILES string of the molecule is COC(OC)C1CCN(c2ccc(C3c4ccccc4CCC34CCOCC4)cc2)CC1. The predicted molar refractivity (Wildman–Crippen MR) is 128 cm³/mol. The minimum atomic E-state index is -0.0819. The number of nitrogens with zero attached hydrogens (tertiary/aromatic N) is 1. The van der Waals surface area contributed by atoms with Crippen LogP contribution in [0.1, 0.15) is 54.7 Å². The molecule has 0 N–H and O–H groups in total. The van der Waals surface area contributed by atoms with Crippen molar-refractivity contribution in [2.45, 2.75) is 50.7 Å². The number of rotatable bonds is 5. The zero-order chi connectivity index (χ0) is 22.0. The summed E-state index contributed by atoms with van der Waals surface area (Å²) >= 11 is 0. The van der Waals surface area contributed by atoms with E-state index < -0.39 is 0 Å². The molecule has 2 aliphatic heterocycles. The Morgan fingerprint density at radius 1 is 0.906 bits per heavy atom. The fourth-order valence-corrected chi connectivity index (χ4v) is 6.54. The third kappa shape index (κ3) is 4.09. The lowest BCUT2D eigenvalue weighted by Crippen LogP contribution is -2.40. The van der Waals surface area contributed by atoms with Gasteiger partial charge in [-0.3, -0.25) is 0 Å². The summed E-state index contributed by atoms with van der Waals surface area (Å²) in [6.07, 6.45) is 6.93. The molecule has 172 valence electrons. The summed E-state index contributed by atoms with van der Waals surface area (Å²) in [5.74, 6) is 0.952. The van der Waals surface area contributed by atoms with Crippen molar-refractivity contribution in [1.29, 1.82) is 0 Å². The van der Waals surface area contributed by atoms with Crippen molar-refractivity contribution in [2.75, 3.05) is 45.4 Å². The lowest BCUT2D eigenvalue weighted by Gasteiger charge is -2.48. The maximum absolute atomic E-state index is 5.78. The van der Waals surface area contributed by atoms with E-state index in [4.69, 9.17) is 14.2 Å². The topological polar surface area (TPSA) is 30.9 Å². The fourth-order valence-electron chi connectivity index (χ4n) is 6.54. The van der Waals surface area contributed by atoms with Crippen LogP contribution in [0.3, 0.4) is 0 Å². The molecule has 2 heterocycles. The van der Waals surface area contributed by atoms with Gasteiger partial charge in [-0.15, -0.1) is 0 Å². The van der Waals surface area contributed by atoms with Crippen LogP contribution in [0.5, 0.6) is 0 Å². The molecule has 0 aromatic heterocycles. The van der Waals surface area contributed by atoms with Gasteiger partial charge in [0.1, 0.15) is 0 Å². The first-order chi connectivity index (χ1) is 15.7. The van der Waals surface area contributed by atoms with Crippen molar-refractivity contribution in [3.63, 3.8) is 0 Å². The number of hydrogen-bond donors (Lipinski definition) is 0. The molecule has 2 fully saturated rings. The summed E-state index contributed by atoms with van der Waals surface area (Å²) in [6.45, 7) is 3.91. The number of ether oxygens (including phenoxy) is 3. The van der Waals surface area contributed by atoms with Gasteiger partial charge in [0.2, 0.25) is 0 Å². The van der Waals surface area contributed by atoms with Crippen LogP contribution in [0.2, 0.25) is 0 Å². The molecular weight excluding hydrogens is 398 g/mol. The average molecular weight is 436 g/mol. The molecule has 1 spiro atoms. The van der Waals surface area contributed by atoms with Crippen molar-refractivity contribution >= 4 is 5.69 Å². The van der Waals surface area contributed by atoms with E-state index in [1.807, 2.05) is 0 Å². The molecule has 2 aromatic rings. The molecule has 1 aliphatic carbocycles. The van der Waals surface area contributed by atoms with Gasteiger partial charge < -0.3 is 19.1 Å². The number of benzene rings is 2. The monoisotopic (exact) mass is 435 g/mol. The molecule has 0 radical (unpaired) electrons. The second-order valence-electron chi connectivity index (χ2n) is 9.86. The molecule has 5 rings (SSSR count). The predicted octanol–water partition coefficient (Wildman–Crippen LogP) is 5.40. The molecule has 4 heteroatoms. The quantitative estimate of drug-likeness (QED) is 0.589. The molecule has 4 nitrogen and oxygen atoms in total. The van der Waals surface area contributed by atoms with Gasteiger partial charge in [-0.05, 0) is 72.8 Å². The van der Waals surface area contributed by atoms with E-state index >= 15 is 0 Å². The Morgan fingerprint density at radius 3 is 2.28 bits per heavy atom. The highest BCUT2D eigenvalue weighted by Gasteiger charge is 2.44. The third-order valence-corrected chi connectivity index (χ3v) is 8.34. The highest BCUT2D eigenvalue weighted by molar-refractivity contribution is 5.51. The van der Waals surface area contributed by atoms with Crippen LogP contribution in [-0.2, 0) is 20.6 Å². The van der Waals surface area contributed by atoms with E-state index in [0.717, 1.165) is 39.1 Å². The maximum atomic E-state index is 5.78. The van der Waals surface area contributed by atoms with E-state index in [2.05, 4.69) is 53.4 Å². The Bertz CT molecular complexity index is 878. The van der Waals surface area contributed by atoms with Crippen LogP contribution in [0.25, 0.3) is 0 Å². The smallest absolute Gasteiger partial charge is 0.159 e. The van der Waals surface area contributed by atoms with Crippen LogP contribution in [0, 0.1) is 11.3 Å². The molecule has 0 amide bonds. The number of anilines is 1. The van der Waals surface area contributed by atoms with Crippen molar-refractivity contribution in [3.8, 4) is 0 Å². The lowest BCUT2D eigenvalue weighted by molar-refractivity contribution is -0.141. The molecule has 2 aromatic carbocycles. The van der Waals surface area contributed by atoms with Crippen LogP contribution in [0.15, 0.2) is 48.5 Å². The molecular formula is C28H37NO3. The van der Waals surface area contributed by atoms with Crippen molar-refractivity contribution in [1.82, 2.24) is 0 Å². The maximum Gasteiger partial charge on any atom is 0.159 e. The molecule has 0 bridgehead atoms. The number of hydrogen-bond acceptors (Lipinski definition) is 4. The first kappa shape index (κ1) is 21.9. The normalized spacial score (nSPS) is 23.5. The summed E-state index contributed by atoms with van der Waals surface area (Å²) in [5, 5.41) is 0. The Balaban J connectivity index is 1.37. The zero-order valence-electron chi connectivity index (χ0n) is 19.6. The number of piperidine rings is 1. The summed E-state index contributed by atoms with van der Waals surface area (Å²) in [7, 11) is 3.49. The zero-order valence-corrected chi connectivity index (χ0v) is 19.6. The summed E-state index contributed by atoms with van der Waals surface area (Å²) in [5.41, 5.74) is 6.22. The van der Waals surface area contributed by atoms with Crippen LogP contribution < -0.4 is 4.90 Å². The highest BCUT2D eigenvalue weighted by Crippen LogP contribution is 2.54. The molecule has 32 heavy (non-hydrogen) atoms. The minimum absolute atomic E-state index is 0.0819. The largest absolute Gasteiger partial charge is 0.381 e. The second kappa shape index (κ2) is 9.54.